The van der Waals surface area contributed by atoms with Crippen molar-refractivity contribution in [2.75, 3.05) is 13.1 Å². The van der Waals surface area contributed by atoms with E-state index in [1.165, 1.54) is 25.7 Å². The summed E-state index contributed by atoms with van der Waals surface area (Å²) in [5.41, 5.74) is 0. The SMILES string of the molecule is CC(C)NC(=O)CCNCC(O)CC1CCCC1. The Hall–Kier alpha value is -0.610. The molecule has 3 N–H and O–H groups in total. The van der Waals surface area contributed by atoms with Gasteiger partial charge >= 0.3 is 0 Å². The lowest BCUT2D eigenvalue weighted by atomic mass is 10.0. The van der Waals surface area contributed by atoms with Gasteiger partial charge in [-0.05, 0) is 26.2 Å². The van der Waals surface area contributed by atoms with Gasteiger partial charge in [0.2, 0.25) is 5.91 Å². The van der Waals surface area contributed by atoms with Crippen LogP contribution in [0.4, 0.5) is 0 Å². The van der Waals surface area contributed by atoms with Crippen LogP contribution in [0.5, 0.6) is 0 Å². The third-order valence-corrected chi connectivity index (χ3v) is 3.44. The van der Waals surface area contributed by atoms with Gasteiger partial charge in [0.1, 0.15) is 0 Å². The Morgan fingerprint density at radius 1 is 1.33 bits per heavy atom. The molecule has 1 atom stereocenters. The number of hydrogen-bond acceptors (Lipinski definition) is 3. The highest BCUT2D eigenvalue weighted by Gasteiger charge is 2.18. The molecule has 0 aromatic rings. The summed E-state index contributed by atoms with van der Waals surface area (Å²) >= 11 is 0. The number of nitrogens with one attached hydrogen (secondary N) is 2. The highest BCUT2D eigenvalue weighted by Crippen LogP contribution is 2.28. The van der Waals surface area contributed by atoms with E-state index in [1.54, 1.807) is 0 Å². The van der Waals surface area contributed by atoms with Crippen molar-refractivity contribution in [2.45, 2.75) is 64.5 Å². The van der Waals surface area contributed by atoms with Crippen molar-refractivity contribution in [3.8, 4) is 0 Å². The molecule has 0 aromatic carbocycles. The van der Waals surface area contributed by atoms with Gasteiger partial charge in [-0.15, -0.1) is 0 Å². The average Bonchev–Trinajstić information content (AvgIpc) is 2.76. The lowest BCUT2D eigenvalue weighted by Crippen LogP contribution is -2.34. The van der Waals surface area contributed by atoms with Crippen LogP contribution in [-0.4, -0.2) is 36.2 Å². The number of hydrogen-bond donors (Lipinski definition) is 3. The molecular weight excluding hydrogens is 228 g/mol. The van der Waals surface area contributed by atoms with Gasteiger partial charge in [0.15, 0.2) is 0 Å². The molecule has 18 heavy (non-hydrogen) atoms. The summed E-state index contributed by atoms with van der Waals surface area (Å²) < 4.78 is 0. The molecule has 1 unspecified atom stereocenters. The molecule has 106 valence electrons. The molecule has 4 nitrogen and oxygen atoms in total. The second-order valence-electron chi connectivity index (χ2n) is 5.72. The van der Waals surface area contributed by atoms with Gasteiger partial charge in [-0.1, -0.05) is 25.7 Å². The molecule has 1 fully saturated rings. The van der Waals surface area contributed by atoms with Crippen LogP contribution in [0.2, 0.25) is 0 Å². The fourth-order valence-corrected chi connectivity index (χ4v) is 2.58. The predicted molar refractivity (Wildman–Crippen MR) is 73.3 cm³/mol. The van der Waals surface area contributed by atoms with Gasteiger partial charge in [0, 0.05) is 25.6 Å². The number of rotatable bonds is 8. The lowest BCUT2D eigenvalue weighted by Gasteiger charge is -2.16. The Kier molecular flexibility index (Phi) is 7.28. The summed E-state index contributed by atoms with van der Waals surface area (Å²) in [5, 5.41) is 15.9. The van der Waals surface area contributed by atoms with Crippen LogP contribution in [0, 0.1) is 5.92 Å². The third kappa shape index (κ3) is 6.97. The standard InChI is InChI=1S/C14H28N2O2/c1-11(2)16-14(18)7-8-15-10-13(17)9-12-5-3-4-6-12/h11-13,15,17H,3-10H2,1-2H3,(H,16,18). The number of carbonyl (C=O) groups is 1. The molecule has 0 saturated heterocycles. The monoisotopic (exact) mass is 256 g/mol. The molecule has 4 heteroatoms. The molecule has 0 radical (unpaired) electrons. The second-order valence-corrected chi connectivity index (χ2v) is 5.72. The maximum atomic E-state index is 11.4. The summed E-state index contributed by atoms with van der Waals surface area (Å²) in [6, 6.07) is 0.199. The van der Waals surface area contributed by atoms with Gasteiger partial charge in [-0.2, -0.15) is 0 Å². The van der Waals surface area contributed by atoms with Crippen molar-refractivity contribution in [2.24, 2.45) is 5.92 Å². The van der Waals surface area contributed by atoms with Crippen LogP contribution in [0.1, 0.15) is 52.4 Å². The van der Waals surface area contributed by atoms with Crippen molar-refractivity contribution >= 4 is 5.91 Å². The smallest absolute Gasteiger partial charge is 0.221 e. The predicted octanol–water partition coefficient (Wildman–Crippen LogP) is 1.43. The first-order valence-corrected chi connectivity index (χ1v) is 7.26. The molecule has 0 bridgehead atoms. The molecular formula is C14H28N2O2. The summed E-state index contributed by atoms with van der Waals surface area (Å²) in [5.74, 6) is 0.786. The van der Waals surface area contributed by atoms with Crippen molar-refractivity contribution < 1.29 is 9.90 Å². The first-order valence-electron chi connectivity index (χ1n) is 7.26. The fraction of sp³-hybridized carbons (Fsp3) is 0.929. The minimum absolute atomic E-state index is 0.0720. The van der Waals surface area contributed by atoms with Crippen LogP contribution >= 0.6 is 0 Å². The summed E-state index contributed by atoms with van der Waals surface area (Å²) in [4.78, 5) is 11.4. The molecule has 1 aliphatic rings. The normalized spacial score (nSPS) is 18.2. The van der Waals surface area contributed by atoms with Gasteiger partial charge in [-0.3, -0.25) is 4.79 Å². The quantitative estimate of drug-likeness (QED) is 0.576. The Morgan fingerprint density at radius 3 is 2.61 bits per heavy atom. The van der Waals surface area contributed by atoms with Gasteiger partial charge in [-0.25, -0.2) is 0 Å². The van der Waals surface area contributed by atoms with E-state index in [4.69, 9.17) is 0 Å². The van der Waals surface area contributed by atoms with Crippen LogP contribution in [0.25, 0.3) is 0 Å². The molecule has 1 aliphatic carbocycles. The minimum atomic E-state index is -0.263. The fourth-order valence-electron chi connectivity index (χ4n) is 2.58. The molecule has 0 spiro atoms. The van der Waals surface area contributed by atoms with Crippen LogP contribution in [0.3, 0.4) is 0 Å². The van der Waals surface area contributed by atoms with Crippen molar-refractivity contribution in [3.63, 3.8) is 0 Å². The van der Waals surface area contributed by atoms with E-state index in [9.17, 15) is 9.90 Å². The van der Waals surface area contributed by atoms with Crippen molar-refractivity contribution in [3.05, 3.63) is 0 Å². The zero-order valence-corrected chi connectivity index (χ0v) is 11.7. The van der Waals surface area contributed by atoms with E-state index in [1.807, 2.05) is 13.8 Å². The Bertz CT molecular complexity index is 238. The second kappa shape index (κ2) is 8.48. The lowest BCUT2D eigenvalue weighted by molar-refractivity contribution is -0.121. The number of aliphatic hydroxyl groups is 1. The largest absolute Gasteiger partial charge is 0.392 e. The highest BCUT2D eigenvalue weighted by atomic mass is 16.3. The molecule has 0 aromatic heterocycles. The summed E-state index contributed by atoms with van der Waals surface area (Å²) in [6.07, 6.45) is 6.31. The van der Waals surface area contributed by atoms with Gasteiger partial charge in [0.05, 0.1) is 6.10 Å². The van der Waals surface area contributed by atoms with Crippen molar-refractivity contribution in [1.29, 1.82) is 0 Å². The van der Waals surface area contributed by atoms with E-state index < -0.39 is 0 Å². The third-order valence-electron chi connectivity index (χ3n) is 3.44. The maximum absolute atomic E-state index is 11.4. The minimum Gasteiger partial charge on any atom is -0.392 e. The summed E-state index contributed by atoms with van der Waals surface area (Å²) in [7, 11) is 0. The van der Waals surface area contributed by atoms with Gasteiger partial charge in [0.25, 0.3) is 0 Å². The number of carbonyl (C=O) groups excluding carboxylic acids is 1. The van der Waals surface area contributed by atoms with E-state index in [-0.39, 0.29) is 18.1 Å². The maximum Gasteiger partial charge on any atom is 0.221 e. The topological polar surface area (TPSA) is 61.4 Å². The summed E-state index contributed by atoms with van der Waals surface area (Å²) in [6.45, 7) is 5.15. The van der Waals surface area contributed by atoms with E-state index in [0.29, 0.717) is 25.4 Å². The van der Waals surface area contributed by atoms with E-state index in [2.05, 4.69) is 10.6 Å². The Labute approximate surface area is 111 Å². The Balaban J connectivity index is 1.97. The molecule has 0 heterocycles. The van der Waals surface area contributed by atoms with Crippen LogP contribution in [0.15, 0.2) is 0 Å². The van der Waals surface area contributed by atoms with Crippen LogP contribution in [-0.2, 0) is 4.79 Å². The zero-order chi connectivity index (χ0) is 13.4. The molecule has 1 amide bonds. The highest BCUT2D eigenvalue weighted by molar-refractivity contribution is 5.76. The molecule has 0 aliphatic heterocycles. The van der Waals surface area contributed by atoms with Gasteiger partial charge < -0.3 is 15.7 Å². The zero-order valence-electron chi connectivity index (χ0n) is 11.7. The Morgan fingerprint density at radius 2 is 2.00 bits per heavy atom. The number of aliphatic hydroxyl groups excluding tert-OH is 1. The average molecular weight is 256 g/mol. The molecule has 1 saturated carbocycles. The number of amides is 1. The first-order chi connectivity index (χ1) is 8.58. The van der Waals surface area contributed by atoms with E-state index >= 15 is 0 Å². The molecule has 1 rings (SSSR count). The first kappa shape index (κ1) is 15.4. The van der Waals surface area contributed by atoms with Crippen molar-refractivity contribution in [1.82, 2.24) is 10.6 Å². The van der Waals surface area contributed by atoms with E-state index in [0.717, 1.165) is 6.42 Å². The van der Waals surface area contributed by atoms with Crippen LogP contribution < -0.4 is 10.6 Å².